The molecule has 0 spiro atoms. The molecular formula is C9H15Ru. The van der Waals surface area contributed by atoms with Crippen LogP contribution in [0.2, 0.25) is 0 Å². The first-order valence-corrected chi connectivity index (χ1v) is 3.13. The van der Waals surface area contributed by atoms with E-state index < -0.39 is 0 Å². The van der Waals surface area contributed by atoms with Crippen molar-refractivity contribution in [3.05, 3.63) is 38.2 Å². The SMILES string of the molecule is [C-]1=CC=CC1.[CH2-]C.[CH2-]C.[Ru+3]. The molecule has 1 aliphatic carbocycles. The Morgan fingerprint density at radius 2 is 1.70 bits per heavy atom. The molecule has 0 amide bonds. The van der Waals surface area contributed by atoms with Gasteiger partial charge in [-0.15, -0.1) is 6.42 Å². The molecule has 0 bridgehead atoms. The molecular weight excluding hydrogens is 209 g/mol. The van der Waals surface area contributed by atoms with E-state index >= 15 is 0 Å². The zero-order valence-corrected chi connectivity index (χ0v) is 8.45. The Morgan fingerprint density at radius 1 is 1.20 bits per heavy atom. The first-order chi connectivity index (χ1) is 4.50. The summed E-state index contributed by atoms with van der Waals surface area (Å²) in [5, 5.41) is 0. The number of rotatable bonds is 0. The first-order valence-electron chi connectivity index (χ1n) is 3.13. The summed E-state index contributed by atoms with van der Waals surface area (Å²) in [5.74, 6) is 0. The van der Waals surface area contributed by atoms with Crippen molar-refractivity contribution in [1.29, 1.82) is 0 Å². The normalized spacial score (nSPS) is 10.0. The van der Waals surface area contributed by atoms with Gasteiger partial charge in [0.2, 0.25) is 0 Å². The maximum Gasteiger partial charge on any atom is 3.00 e. The number of hydrogen-bond acceptors (Lipinski definition) is 0. The van der Waals surface area contributed by atoms with Gasteiger partial charge in [0, 0.05) is 0 Å². The molecule has 59 valence electrons. The molecule has 0 aromatic heterocycles. The Balaban J connectivity index is -0.0000000875. The van der Waals surface area contributed by atoms with Gasteiger partial charge in [0.15, 0.2) is 0 Å². The van der Waals surface area contributed by atoms with Crippen molar-refractivity contribution in [2.45, 2.75) is 20.3 Å². The second-order valence-electron chi connectivity index (χ2n) is 1.00. The third-order valence-electron chi connectivity index (χ3n) is 0.586. The van der Waals surface area contributed by atoms with Crippen LogP contribution in [0.3, 0.4) is 0 Å². The van der Waals surface area contributed by atoms with Gasteiger partial charge in [-0.1, -0.05) is 0 Å². The second kappa shape index (κ2) is 23.0. The molecule has 0 saturated heterocycles. The minimum Gasteiger partial charge on any atom is -0.346 e. The van der Waals surface area contributed by atoms with E-state index in [-0.39, 0.29) is 19.5 Å². The standard InChI is InChI=1S/C5H5.2C2H5.Ru/c1-2-4-5-3-1;2*1-2;/h1-3H,4H2;2*1H2,2H3;/q3*-1;+3. The van der Waals surface area contributed by atoms with Crippen LogP contribution in [0.4, 0.5) is 0 Å². The van der Waals surface area contributed by atoms with Gasteiger partial charge in [0.05, 0.1) is 0 Å². The summed E-state index contributed by atoms with van der Waals surface area (Å²) in [7, 11) is 0. The van der Waals surface area contributed by atoms with Gasteiger partial charge in [-0.25, -0.2) is 12.2 Å². The molecule has 10 heavy (non-hydrogen) atoms. The molecule has 0 N–H and O–H groups in total. The minimum absolute atomic E-state index is 0. The molecule has 1 rings (SSSR count). The molecule has 0 aromatic rings. The molecule has 0 aromatic carbocycles. The fraction of sp³-hybridized carbons (Fsp3) is 0.333. The fourth-order valence-corrected chi connectivity index (χ4v) is 0.340. The zero-order valence-electron chi connectivity index (χ0n) is 6.71. The smallest absolute Gasteiger partial charge is 0.346 e. The molecule has 1 aliphatic rings. The van der Waals surface area contributed by atoms with Crippen LogP contribution in [0.5, 0.6) is 0 Å². The average Bonchev–Trinajstić information content (AvgIpc) is 2.51. The van der Waals surface area contributed by atoms with Crippen LogP contribution < -0.4 is 0 Å². The van der Waals surface area contributed by atoms with Gasteiger partial charge in [-0.3, -0.25) is 6.08 Å². The van der Waals surface area contributed by atoms with Crippen LogP contribution in [-0.4, -0.2) is 0 Å². The van der Waals surface area contributed by atoms with E-state index in [0.717, 1.165) is 6.42 Å². The third-order valence-corrected chi connectivity index (χ3v) is 0.586. The van der Waals surface area contributed by atoms with Crippen molar-refractivity contribution in [3.8, 4) is 0 Å². The summed E-state index contributed by atoms with van der Waals surface area (Å²) in [6.07, 6.45) is 10.0. The van der Waals surface area contributed by atoms with E-state index in [2.05, 4.69) is 26.0 Å². The van der Waals surface area contributed by atoms with Crippen LogP contribution in [0, 0.1) is 19.9 Å². The molecule has 0 atom stereocenters. The van der Waals surface area contributed by atoms with E-state index in [4.69, 9.17) is 0 Å². The molecule has 0 saturated carbocycles. The Bertz CT molecular complexity index is 62.8. The summed E-state index contributed by atoms with van der Waals surface area (Å²) in [4.78, 5) is 0. The molecule has 1 heteroatoms. The Morgan fingerprint density at radius 3 is 1.80 bits per heavy atom. The molecule has 0 nitrogen and oxygen atoms in total. The summed E-state index contributed by atoms with van der Waals surface area (Å²) in [6.45, 7) is 10.0. The van der Waals surface area contributed by atoms with Crippen LogP contribution in [0.15, 0.2) is 18.2 Å². The molecule has 0 heterocycles. The van der Waals surface area contributed by atoms with Crippen LogP contribution >= 0.6 is 0 Å². The van der Waals surface area contributed by atoms with Gasteiger partial charge < -0.3 is 13.8 Å². The summed E-state index contributed by atoms with van der Waals surface area (Å²) < 4.78 is 0. The van der Waals surface area contributed by atoms with E-state index in [1.165, 1.54) is 0 Å². The van der Waals surface area contributed by atoms with E-state index in [9.17, 15) is 0 Å². The van der Waals surface area contributed by atoms with Gasteiger partial charge in [-0.05, 0) is 0 Å². The van der Waals surface area contributed by atoms with Crippen molar-refractivity contribution in [2.24, 2.45) is 0 Å². The van der Waals surface area contributed by atoms with Gasteiger partial charge in [0.25, 0.3) is 0 Å². The second-order valence-corrected chi connectivity index (χ2v) is 1.00. The van der Waals surface area contributed by atoms with E-state index in [1.54, 1.807) is 13.8 Å². The average molecular weight is 224 g/mol. The van der Waals surface area contributed by atoms with Crippen LogP contribution in [0.25, 0.3) is 0 Å². The summed E-state index contributed by atoms with van der Waals surface area (Å²) in [5.41, 5.74) is 0. The van der Waals surface area contributed by atoms with Crippen LogP contribution in [0.1, 0.15) is 20.3 Å². The number of hydrogen-bond donors (Lipinski definition) is 0. The minimum atomic E-state index is 0. The van der Waals surface area contributed by atoms with Crippen molar-refractivity contribution in [1.82, 2.24) is 0 Å². The van der Waals surface area contributed by atoms with Crippen LogP contribution in [-0.2, 0) is 19.5 Å². The third kappa shape index (κ3) is 15.7. The predicted molar refractivity (Wildman–Crippen MR) is 43.6 cm³/mol. The molecule has 0 aliphatic heterocycles. The van der Waals surface area contributed by atoms with Crippen molar-refractivity contribution < 1.29 is 19.5 Å². The van der Waals surface area contributed by atoms with Gasteiger partial charge in [0.1, 0.15) is 0 Å². The topological polar surface area (TPSA) is 0 Å². The predicted octanol–water partition coefficient (Wildman–Crippen LogP) is 2.98. The molecule has 0 fully saturated rings. The first kappa shape index (κ1) is 16.6. The maximum absolute atomic E-state index is 3.25. The Hall–Kier alpha value is 0.103. The van der Waals surface area contributed by atoms with E-state index in [1.807, 2.05) is 12.2 Å². The van der Waals surface area contributed by atoms with Crippen molar-refractivity contribution in [2.75, 3.05) is 0 Å². The van der Waals surface area contributed by atoms with Crippen molar-refractivity contribution in [3.63, 3.8) is 0 Å². The van der Waals surface area contributed by atoms with Crippen molar-refractivity contribution >= 4 is 0 Å². The fourth-order valence-electron chi connectivity index (χ4n) is 0.340. The monoisotopic (exact) mass is 225 g/mol. The van der Waals surface area contributed by atoms with Gasteiger partial charge >= 0.3 is 19.5 Å². The Kier molecular flexibility index (Phi) is 38.1. The van der Waals surface area contributed by atoms with Gasteiger partial charge in [-0.2, -0.15) is 19.9 Å². The molecule has 0 unspecified atom stereocenters. The maximum atomic E-state index is 3.25. The van der Waals surface area contributed by atoms with E-state index in [0.29, 0.717) is 0 Å². The zero-order chi connectivity index (χ0) is 7.54. The Labute approximate surface area is 78.2 Å². The quantitative estimate of drug-likeness (QED) is 0.438. The largest absolute Gasteiger partial charge is 3.00 e. The summed E-state index contributed by atoms with van der Waals surface area (Å²) in [6, 6.07) is 0. The summed E-state index contributed by atoms with van der Waals surface area (Å²) >= 11 is 0. The molecule has 1 radical (unpaired) electrons. The number of allylic oxidation sites excluding steroid dienone is 4.